The molecule has 7 nitrogen and oxygen atoms in total. The van der Waals surface area contributed by atoms with Gasteiger partial charge in [0, 0.05) is 20.2 Å². The number of amides is 1. The van der Waals surface area contributed by atoms with Crippen LogP contribution >= 0.6 is 0 Å². The fourth-order valence-corrected chi connectivity index (χ4v) is 3.55. The van der Waals surface area contributed by atoms with Gasteiger partial charge in [-0.3, -0.25) is 4.79 Å². The van der Waals surface area contributed by atoms with Gasteiger partial charge in [0.2, 0.25) is 15.9 Å². The van der Waals surface area contributed by atoms with Crippen LogP contribution in [0.3, 0.4) is 0 Å². The SMILES string of the molecule is COCCNS(=O)(=O)c1cccc(CNC(=O)C(C)(N)c2ccccc2)c1. The maximum Gasteiger partial charge on any atom is 0.244 e. The van der Waals surface area contributed by atoms with E-state index in [1.165, 1.54) is 19.2 Å². The highest BCUT2D eigenvalue weighted by Gasteiger charge is 2.30. The summed E-state index contributed by atoms with van der Waals surface area (Å²) >= 11 is 0. The molecule has 1 amide bonds. The van der Waals surface area contributed by atoms with Crippen molar-refractivity contribution < 1.29 is 17.9 Å². The summed E-state index contributed by atoms with van der Waals surface area (Å²) in [5.41, 5.74) is 6.35. The van der Waals surface area contributed by atoms with E-state index in [0.717, 1.165) is 0 Å². The van der Waals surface area contributed by atoms with Gasteiger partial charge in [0.15, 0.2) is 0 Å². The number of rotatable bonds is 9. The molecule has 0 fully saturated rings. The summed E-state index contributed by atoms with van der Waals surface area (Å²) in [7, 11) is -2.13. The van der Waals surface area contributed by atoms with Crippen LogP contribution in [0.15, 0.2) is 59.5 Å². The van der Waals surface area contributed by atoms with Gasteiger partial charge in [0.25, 0.3) is 0 Å². The minimum atomic E-state index is -3.63. The molecule has 2 aromatic rings. The van der Waals surface area contributed by atoms with Crippen molar-refractivity contribution in [2.75, 3.05) is 20.3 Å². The summed E-state index contributed by atoms with van der Waals surface area (Å²) in [5, 5.41) is 2.77. The quantitative estimate of drug-likeness (QED) is 0.555. The van der Waals surface area contributed by atoms with Crippen LogP contribution in [-0.2, 0) is 31.6 Å². The molecule has 8 heteroatoms. The number of nitrogens with two attached hydrogens (primary N) is 1. The number of ether oxygens (including phenoxy) is 1. The van der Waals surface area contributed by atoms with Crippen molar-refractivity contribution in [2.45, 2.75) is 23.9 Å². The molecule has 146 valence electrons. The van der Waals surface area contributed by atoms with Gasteiger partial charge in [-0.05, 0) is 30.2 Å². The van der Waals surface area contributed by atoms with E-state index >= 15 is 0 Å². The normalized spacial score (nSPS) is 13.7. The maximum absolute atomic E-state index is 12.5. The summed E-state index contributed by atoms with van der Waals surface area (Å²) < 4.78 is 31.8. The lowest BCUT2D eigenvalue weighted by Gasteiger charge is -2.24. The van der Waals surface area contributed by atoms with Crippen LogP contribution in [0.2, 0.25) is 0 Å². The predicted octanol–water partition coefficient (Wildman–Crippen LogP) is 1.10. The molecule has 0 aromatic heterocycles. The standard InChI is InChI=1S/C19H25N3O4S/c1-19(20,16-8-4-3-5-9-16)18(23)21-14-15-7-6-10-17(13-15)27(24,25)22-11-12-26-2/h3-10,13,22H,11-12,14,20H2,1-2H3,(H,21,23). The molecule has 2 aromatic carbocycles. The van der Waals surface area contributed by atoms with Crippen molar-refractivity contribution >= 4 is 15.9 Å². The summed E-state index contributed by atoms with van der Waals surface area (Å²) in [5.74, 6) is -0.347. The first-order valence-electron chi connectivity index (χ1n) is 8.47. The highest BCUT2D eigenvalue weighted by molar-refractivity contribution is 7.89. The number of hydrogen-bond donors (Lipinski definition) is 3. The second kappa shape index (κ2) is 9.09. The molecule has 1 unspecified atom stereocenters. The van der Waals surface area contributed by atoms with Crippen LogP contribution in [0.25, 0.3) is 0 Å². The Bertz CT molecular complexity index is 868. The second-order valence-corrected chi connectivity index (χ2v) is 8.06. The van der Waals surface area contributed by atoms with Crippen LogP contribution in [0, 0.1) is 0 Å². The molecule has 0 spiro atoms. The van der Waals surface area contributed by atoms with Gasteiger partial charge in [-0.25, -0.2) is 13.1 Å². The Morgan fingerprint density at radius 3 is 2.52 bits per heavy atom. The molecule has 0 saturated carbocycles. The highest BCUT2D eigenvalue weighted by atomic mass is 32.2. The number of carbonyl (C=O) groups excluding carboxylic acids is 1. The van der Waals surface area contributed by atoms with Gasteiger partial charge in [0.05, 0.1) is 11.5 Å². The first kappa shape index (κ1) is 21.0. The van der Waals surface area contributed by atoms with Crippen molar-refractivity contribution in [1.29, 1.82) is 0 Å². The van der Waals surface area contributed by atoms with Crippen molar-refractivity contribution in [3.8, 4) is 0 Å². The van der Waals surface area contributed by atoms with Gasteiger partial charge in [-0.2, -0.15) is 0 Å². The number of benzene rings is 2. The topological polar surface area (TPSA) is 111 Å². The lowest BCUT2D eigenvalue weighted by molar-refractivity contribution is -0.126. The van der Waals surface area contributed by atoms with Crippen LogP contribution in [-0.4, -0.2) is 34.6 Å². The van der Waals surface area contributed by atoms with Crippen molar-refractivity contribution in [2.24, 2.45) is 5.73 Å². The lowest BCUT2D eigenvalue weighted by atomic mass is 9.92. The van der Waals surface area contributed by atoms with Gasteiger partial charge >= 0.3 is 0 Å². The fraction of sp³-hybridized carbons (Fsp3) is 0.316. The van der Waals surface area contributed by atoms with Crippen LogP contribution in [0.1, 0.15) is 18.1 Å². The zero-order chi connectivity index (χ0) is 19.9. The molecule has 0 bridgehead atoms. The van der Waals surface area contributed by atoms with Crippen molar-refractivity contribution in [3.05, 3.63) is 65.7 Å². The van der Waals surface area contributed by atoms with E-state index < -0.39 is 15.6 Å². The number of methoxy groups -OCH3 is 1. The molecule has 1 atom stereocenters. The average molecular weight is 391 g/mol. The summed E-state index contributed by atoms with van der Waals surface area (Å²) in [6, 6.07) is 15.5. The second-order valence-electron chi connectivity index (χ2n) is 6.29. The smallest absolute Gasteiger partial charge is 0.244 e. The molecule has 0 aliphatic carbocycles. The Morgan fingerprint density at radius 1 is 1.15 bits per heavy atom. The monoisotopic (exact) mass is 391 g/mol. The number of nitrogens with one attached hydrogen (secondary N) is 2. The largest absolute Gasteiger partial charge is 0.383 e. The highest BCUT2D eigenvalue weighted by Crippen LogP contribution is 2.18. The molecule has 0 aliphatic rings. The van der Waals surface area contributed by atoms with Crippen molar-refractivity contribution in [3.63, 3.8) is 0 Å². The van der Waals surface area contributed by atoms with Crippen molar-refractivity contribution in [1.82, 2.24) is 10.0 Å². The molecule has 4 N–H and O–H groups in total. The Morgan fingerprint density at radius 2 is 1.85 bits per heavy atom. The van der Waals surface area contributed by atoms with E-state index in [1.54, 1.807) is 31.2 Å². The first-order valence-corrected chi connectivity index (χ1v) is 9.96. The zero-order valence-electron chi connectivity index (χ0n) is 15.4. The predicted molar refractivity (Wildman–Crippen MR) is 103 cm³/mol. The van der Waals surface area contributed by atoms with Gasteiger partial charge in [-0.15, -0.1) is 0 Å². The first-order chi connectivity index (χ1) is 12.8. The molecule has 0 saturated heterocycles. The Hall–Kier alpha value is -2.26. The summed E-state index contributed by atoms with van der Waals surface area (Å²) in [6.45, 7) is 2.27. The number of carbonyl (C=O) groups is 1. The Labute approximate surface area is 160 Å². The van der Waals surface area contributed by atoms with E-state index in [-0.39, 0.29) is 30.5 Å². The molecule has 27 heavy (non-hydrogen) atoms. The maximum atomic E-state index is 12.5. The number of sulfonamides is 1. The number of hydrogen-bond acceptors (Lipinski definition) is 5. The Balaban J connectivity index is 2.05. The van der Waals surface area contributed by atoms with E-state index in [2.05, 4.69) is 10.0 Å². The Kier molecular flexibility index (Phi) is 7.09. The van der Waals surface area contributed by atoms with E-state index in [4.69, 9.17) is 10.5 Å². The fourth-order valence-electron chi connectivity index (χ4n) is 2.47. The van der Waals surface area contributed by atoms with Crippen LogP contribution < -0.4 is 15.8 Å². The molecule has 2 rings (SSSR count). The minimum absolute atomic E-state index is 0.129. The summed E-state index contributed by atoms with van der Waals surface area (Å²) in [6.07, 6.45) is 0. The molecule has 0 heterocycles. The van der Waals surface area contributed by atoms with Crippen LogP contribution in [0.5, 0.6) is 0 Å². The third-order valence-electron chi connectivity index (χ3n) is 4.11. The third-order valence-corrected chi connectivity index (χ3v) is 5.56. The van der Waals surface area contributed by atoms with E-state index in [9.17, 15) is 13.2 Å². The van der Waals surface area contributed by atoms with Gasteiger partial charge in [0.1, 0.15) is 5.54 Å². The molecular formula is C19H25N3O4S. The third kappa shape index (κ3) is 5.61. The zero-order valence-corrected chi connectivity index (χ0v) is 16.3. The molecule has 0 radical (unpaired) electrons. The van der Waals surface area contributed by atoms with E-state index in [0.29, 0.717) is 11.1 Å². The van der Waals surface area contributed by atoms with E-state index in [1.807, 2.05) is 18.2 Å². The summed E-state index contributed by atoms with van der Waals surface area (Å²) in [4.78, 5) is 12.6. The lowest BCUT2D eigenvalue weighted by Crippen LogP contribution is -2.48. The average Bonchev–Trinajstić information content (AvgIpc) is 2.67. The van der Waals surface area contributed by atoms with Gasteiger partial charge in [-0.1, -0.05) is 42.5 Å². The molecule has 0 aliphatic heterocycles. The minimum Gasteiger partial charge on any atom is -0.383 e. The molecular weight excluding hydrogens is 366 g/mol. The van der Waals surface area contributed by atoms with Crippen LogP contribution in [0.4, 0.5) is 0 Å². The van der Waals surface area contributed by atoms with Gasteiger partial charge < -0.3 is 15.8 Å².